The molecule has 18 heavy (non-hydrogen) atoms. The van der Waals surface area contributed by atoms with Gasteiger partial charge >= 0.3 is 5.97 Å². The molecule has 0 spiro atoms. The van der Waals surface area contributed by atoms with E-state index in [0.717, 1.165) is 19.4 Å². The third-order valence-electron chi connectivity index (χ3n) is 2.84. The predicted molar refractivity (Wildman–Crippen MR) is 68.1 cm³/mol. The number of benzene rings is 1. The molecule has 0 aromatic heterocycles. The van der Waals surface area contributed by atoms with Crippen LogP contribution in [0.25, 0.3) is 0 Å². The minimum Gasteiger partial charge on any atom is -0.478 e. The van der Waals surface area contributed by atoms with E-state index in [1.807, 2.05) is 0 Å². The summed E-state index contributed by atoms with van der Waals surface area (Å²) in [5.74, 6) is -1.21. The average Bonchev–Trinajstić information content (AvgIpc) is 2.81. The largest absolute Gasteiger partial charge is 0.478 e. The lowest BCUT2D eigenvalue weighted by Crippen LogP contribution is -2.35. The fraction of sp³-hybridized carbons (Fsp3) is 0.333. The number of anilines is 1. The number of carboxylic acids is 1. The van der Waals surface area contributed by atoms with Crippen molar-refractivity contribution in [1.82, 2.24) is 5.32 Å². The third kappa shape index (κ3) is 2.80. The first-order valence-corrected chi connectivity index (χ1v) is 6.03. The van der Waals surface area contributed by atoms with Crippen LogP contribution in [0.15, 0.2) is 18.2 Å². The average molecular weight is 269 g/mol. The Morgan fingerprint density at radius 3 is 2.78 bits per heavy atom. The fourth-order valence-corrected chi connectivity index (χ4v) is 2.17. The molecule has 1 aromatic carbocycles. The van der Waals surface area contributed by atoms with E-state index >= 15 is 0 Å². The summed E-state index contributed by atoms with van der Waals surface area (Å²) in [7, 11) is 0. The second-order valence-electron chi connectivity index (χ2n) is 4.14. The number of carbonyl (C=O) groups excluding carboxylic acids is 1. The molecule has 1 aliphatic heterocycles. The van der Waals surface area contributed by atoms with Gasteiger partial charge in [0, 0.05) is 5.69 Å². The van der Waals surface area contributed by atoms with Crippen molar-refractivity contribution in [1.29, 1.82) is 0 Å². The molecule has 1 fully saturated rings. The third-order valence-corrected chi connectivity index (χ3v) is 3.16. The number of amides is 1. The van der Waals surface area contributed by atoms with Gasteiger partial charge in [-0.1, -0.05) is 11.6 Å². The first-order valence-electron chi connectivity index (χ1n) is 5.65. The first kappa shape index (κ1) is 12.9. The summed E-state index contributed by atoms with van der Waals surface area (Å²) in [5, 5.41) is 14.7. The molecule has 0 radical (unpaired) electrons. The van der Waals surface area contributed by atoms with Gasteiger partial charge < -0.3 is 15.7 Å². The SMILES string of the molecule is O=C(O)c1ccc(NC(=O)C2CCCN2)cc1Cl. The Kier molecular flexibility index (Phi) is 3.84. The number of carboxylic acid groups (broad SMARTS) is 1. The highest BCUT2D eigenvalue weighted by Crippen LogP contribution is 2.21. The highest BCUT2D eigenvalue weighted by Gasteiger charge is 2.22. The Bertz CT molecular complexity index is 484. The molecule has 1 aliphatic rings. The van der Waals surface area contributed by atoms with Crippen molar-refractivity contribution in [3.05, 3.63) is 28.8 Å². The Balaban J connectivity index is 2.07. The highest BCUT2D eigenvalue weighted by molar-refractivity contribution is 6.33. The van der Waals surface area contributed by atoms with Crippen LogP contribution in [0.4, 0.5) is 5.69 Å². The van der Waals surface area contributed by atoms with E-state index < -0.39 is 5.97 Å². The Morgan fingerprint density at radius 2 is 2.22 bits per heavy atom. The van der Waals surface area contributed by atoms with Crippen molar-refractivity contribution in [2.45, 2.75) is 18.9 Å². The second-order valence-corrected chi connectivity index (χ2v) is 4.55. The minimum atomic E-state index is -1.09. The molecule has 1 amide bonds. The summed E-state index contributed by atoms with van der Waals surface area (Å²) in [4.78, 5) is 22.6. The van der Waals surface area contributed by atoms with E-state index in [0.29, 0.717) is 5.69 Å². The molecule has 3 N–H and O–H groups in total. The zero-order valence-electron chi connectivity index (χ0n) is 9.57. The Morgan fingerprint density at radius 1 is 1.44 bits per heavy atom. The lowest BCUT2D eigenvalue weighted by molar-refractivity contribution is -0.117. The van der Waals surface area contributed by atoms with Crippen molar-refractivity contribution in [3.63, 3.8) is 0 Å². The molecule has 0 aliphatic carbocycles. The standard InChI is InChI=1S/C12H13ClN2O3/c13-9-6-7(3-4-8(9)12(17)18)15-11(16)10-2-1-5-14-10/h3-4,6,10,14H,1-2,5H2,(H,15,16)(H,17,18). The van der Waals surface area contributed by atoms with Gasteiger partial charge in [0.2, 0.25) is 5.91 Å². The molecule has 1 atom stereocenters. The number of hydrogen-bond donors (Lipinski definition) is 3. The van der Waals surface area contributed by atoms with Gasteiger partial charge in [-0.3, -0.25) is 4.79 Å². The van der Waals surface area contributed by atoms with Crippen LogP contribution in [0.1, 0.15) is 23.2 Å². The molecule has 0 bridgehead atoms. The van der Waals surface area contributed by atoms with Crippen LogP contribution in [0, 0.1) is 0 Å². The van der Waals surface area contributed by atoms with E-state index in [1.165, 1.54) is 18.2 Å². The van der Waals surface area contributed by atoms with Gasteiger partial charge in [0.25, 0.3) is 0 Å². The van der Waals surface area contributed by atoms with Crippen molar-refractivity contribution in [3.8, 4) is 0 Å². The van der Waals surface area contributed by atoms with Gasteiger partial charge in [0.15, 0.2) is 0 Å². The number of halogens is 1. The van der Waals surface area contributed by atoms with Crippen LogP contribution in [-0.4, -0.2) is 29.6 Å². The normalized spacial score (nSPS) is 18.6. The van der Waals surface area contributed by atoms with Crippen LogP contribution < -0.4 is 10.6 Å². The van der Waals surface area contributed by atoms with Gasteiger partial charge in [-0.05, 0) is 37.6 Å². The summed E-state index contributed by atoms with van der Waals surface area (Å²) in [6.45, 7) is 0.844. The number of rotatable bonds is 3. The van der Waals surface area contributed by atoms with Crippen LogP contribution in [0.2, 0.25) is 5.02 Å². The van der Waals surface area contributed by atoms with Gasteiger partial charge in [0.05, 0.1) is 16.6 Å². The van der Waals surface area contributed by atoms with E-state index in [-0.39, 0.29) is 22.5 Å². The number of nitrogens with one attached hydrogen (secondary N) is 2. The van der Waals surface area contributed by atoms with Crippen LogP contribution in [0.5, 0.6) is 0 Å². The molecule has 2 rings (SSSR count). The van der Waals surface area contributed by atoms with Crippen LogP contribution >= 0.6 is 11.6 Å². The summed E-state index contributed by atoms with van der Waals surface area (Å²) >= 11 is 5.82. The quantitative estimate of drug-likeness (QED) is 0.780. The first-order chi connectivity index (χ1) is 8.58. The van der Waals surface area contributed by atoms with Gasteiger partial charge in [0.1, 0.15) is 0 Å². The summed E-state index contributed by atoms with van der Waals surface area (Å²) in [6, 6.07) is 4.17. The number of carbonyl (C=O) groups is 2. The van der Waals surface area contributed by atoms with Gasteiger partial charge in [-0.2, -0.15) is 0 Å². The molecule has 5 nitrogen and oxygen atoms in total. The fourth-order valence-electron chi connectivity index (χ4n) is 1.90. The molecule has 6 heteroatoms. The topological polar surface area (TPSA) is 78.4 Å². The molecule has 1 heterocycles. The highest BCUT2D eigenvalue weighted by atomic mass is 35.5. The Labute approximate surface area is 109 Å². The maximum Gasteiger partial charge on any atom is 0.337 e. The monoisotopic (exact) mass is 268 g/mol. The maximum atomic E-state index is 11.8. The molecule has 96 valence electrons. The summed E-state index contributed by atoms with van der Waals surface area (Å²) in [5.41, 5.74) is 0.525. The van der Waals surface area contributed by atoms with Crippen molar-refractivity contribution in [2.24, 2.45) is 0 Å². The van der Waals surface area contributed by atoms with Crippen LogP contribution in [-0.2, 0) is 4.79 Å². The molecule has 1 aromatic rings. The van der Waals surface area contributed by atoms with E-state index in [9.17, 15) is 9.59 Å². The summed E-state index contributed by atoms with van der Waals surface area (Å²) in [6.07, 6.45) is 1.80. The summed E-state index contributed by atoms with van der Waals surface area (Å²) < 4.78 is 0. The van der Waals surface area contributed by atoms with Crippen molar-refractivity contribution in [2.75, 3.05) is 11.9 Å². The smallest absolute Gasteiger partial charge is 0.337 e. The minimum absolute atomic E-state index is 0.0219. The van der Waals surface area contributed by atoms with E-state index in [1.54, 1.807) is 0 Å². The lowest BCUT2D eigenvalue weighted by Gasteiger charge is -2.11. The Hall–Kier alpha value is -1.59. The van der Waals surface area contributed by atoms with E-state index in [4.69, 9.17) is 16.7 Å². The molecule has 1 unspecified atom stereocenters. The zero-order valence-corrected chi connectivity index (χ0v) is 10.3. The molecule has 1 saturated heterocycles. The van der Waals surface area contributed by atoms with Gasteiger partial charge in [-0.25, -0.2) is 4.79 Å². The number of aromatic carboxylic acids is 1. The second kappa shape index (κ2) is 5.37. The number of hydrogen-bond acceptors (Lipinski definition) is 3. The predicted octanol–water partition coefficient (Wildman–Crippen LogP) is 1.73. The molecule has 0 saturated carbocycles. The zero-order chi connectivity index (χ0) is 13.1. The lowest BCUT2D eigenvalue weighted by atomic mass is 10.2. The van der Waals surface area contributed by atoms with Crippen LogP contribution in [0.3, 0.4) is 0 Å². The maximum absolute atomic E-state index is 11.8. The van der Waals surface area contributed by atoms with Crippen molar-refractivity contribution < 1.29 is 14.7 Å². The molecular formula is C12H13ClN2O3. The van der Waals surface area contributed by atoms with E-state index in [2.05, 4.69) is 10.6 Å². The van der Waals surface area contributed by atoms with Crippen molar-refractivity contribution >= 4 is 29.2 Å². The molecular weight excluding hydrogens is 256 g/mol. The van der Waals surface area contributed by atoms with Gasteiger partial charge in [-0.15, -0.1) is 0 Å².